The maximum absolute atomic E-state index is 12.3. The second kappa shape index (κ2) is 8.26. The number of carbonyl (C=O) groups excluding carboxylic acids is 3. The first-order valence-electron chi connectivity index (χ1n) is 7.84. The van der Waals surface area contributed by atoms with Gasteiger partial charge in [-0.1, -0.05) is 32.4 Å². The van der Waals surface area contributed by atoms with Crippen molar-refractivity contribution in [2.24, 2.45) is 11.7 Å². The summed E-state index contributed by atoms with van der Waals surface area (Å²) >= 11 is 0. The second-order valence-electron chi connectivity index (χ2n) is 5.98. The van der Waals surface area contributed by atoms with Gasteiger partial charge in [0, 0.05) is 20.1 Å². The highest BCUT2D eigenvalue weighted by molar-refractivity contribution is 6.21. The normalized spacial score (nSPS) is 15.6. The Kier molecular flexibility index (Phi) is 6.93. The molecular formula is C17H24ClN3O3. The first kappa shape index (κ1) is 20.1. The monoisotopic (exact) mass is 353 g/mol. The number of fused-ring (bicyclic) bond motifs is 1. The molecule has 1 aliphatic heterocycles. The van der Waals surface area contributed by atoms with Crippen molar-refractivity contribution in [3.05, 3.63) is 35.4 Å². The summed E-state index contributed by atoms with van der Waals surface area (Å²) in [6.07, 6.45) is 0.819. The minimum absolute atomic E-state index is 0. The first-order valence-corrected chi connectivity index (χ1v) is 7.84. The van der Waals surface area contributed by atoms with Crippen LogP contribution < -0.4 is 5.73 Å². The third-order valence-corrected chi connectivity index (χ3v) is 4.46. The fourth-order valence-electron chi connectivity index (χ4n) is 2.55. The molecule has 6 nitrogen and oxygen atoms in total. The van der Waals surface area contributed by atoms with Crippen LogP contribution in [0.5, 0.6) is 0 Å². The topological polar surface area (TPSA) is 83.7 Å². The summed E-state index contributed by atoms with van der Waals surface area (Å²) in [5, 5.41) is 0. The molecule has 132 valence electrons. The zero-order valence-electron chi connectivity index (χ0n) is 14.2. The quantitative estimate of drug-likeness (QED) is 0.786. The van der Waals surface area contributed by atoms with E-state index in [0.29, 0.717) is 11.1 Å². The van der Waals surface area contributed by atoms with E-state index in [1.54, 1.807) is 31.3 Å². The lowest BCUT2D eigenvalue weighted by atomic mass is 9.99. The van der Waals surface area contributed by atoms with Gasteiger partial charge >= 0.3 is 0 Å². The summed E-state index contributed by atoms with van der Waals surface area (Å²) in [6.45, 7) is 4.35. The molecule has 0 bridgehead atoms. The van der Waals surface area contributed by atoms with E-state index in [4.69, 9.17) is 5.73 Å². The number of hydrogen-bond donors (Lipinski definition) is 1. The number of halogens is 1. The summed E-state index contributed by atoms with van der Waals surface area (Å²) in [7, 11) is 1.64. The van der Waals surface area contributed by atoms with E-state index in [2.05, 4.69) is 0 Å². The van der Waals surface area contributed by atoms with Crippen molar-refractivity contribution in [2.75, 3.05) is 20.1 Å². The molecule has 3 amide bonds. The van der Waals surface area contributed by atoms with Crippen LogP contribution in [0.4, 0.5) is 0 Å². The number of imide groups is 1. The maximum atomic E-state index is 12.3. The molecule has 1 aromatic rings. The average Bonchev–Trinajstić information content (AvgIpc) is 2.82. The maximum Gasteiger partial charge on any atom is 0.261 e. The molecule has 7 heteroatoms. The van der Waals surface area contributed by atoms with Crippen molar-refractivity contribution >= 4 is 30.1 Å². The van der Waals surface area contributed by atoms with Gasteiger partial charge in [-0.15, -0.1) is 12.4 Å². The summed E-state index contributed by atoms with van der Waals surface area (Å²) in [4.78, 5) is 39.4. The number of nitrogens with two attached hydrogens (primary N) is 1. The van der Waals surface area contributed by atoms with Crippen molar-refractivity contribution in [1.29, 1.82) is 0 Å². The van der Waals surface area contributed by atoms with Crippen molar-refractivity contribution < 1.29 is 14.4 Å². The molecule has 1 aromatic carbocycles. The fourth-order valence-corrected chi connectivity index (χ4v) is 2.55. The molecule has 2 atom stereocenters. The van der Waals surface area contributed by atoms with Crippen LogP contribution >= 0.6 is 12.4 Å². The van der Waals surface area contributed by atoms with Gasteiger partial charge in [0.15, 0.2) is 0 Å². The number of hydrogen-bond acceptors (Lipinski definition) is 4. The highest BCUT2D eigenvalue weighted by atomic mass is 35.5. The van der Waals surface area contributed by atoms with E-state index in [1.807, 2.05) is 13.8 Å². The Morgan fingerprint density at radius 3 is 2.17 bits per heavy atom. The Morgan fingerprint density at radius 1 is 1.21 bits per heavy atom. The molecule has 2 unspecified atom stereocenters. The standard InChI is InChI=1S/C17H23N3O3.ClH/c1-4-11(2)14(18)17(23)19(3)9-10-20-15(21)12-7-5-6-8-13(12)16(20)22;/h5-8,11,14H,4,9-10,18H2,1-3H3;1H. The van der Waals surface area contributed by atoms with Crippen LogP contribution in [0.2, 0.25) is 0 Å². The van der Waals surface area contributed by atoms with Crippen LogP contribution in [0.3, 0.4) is 0 Å². The van der Waals surface area contributed by atoms with Gasteiger partial charge < -0.3 is 10.6 Å². The van der Waals surface area contributed by atoms with Gasteiger partial charge in [0.05, 0.1) is 17.2 Å². The minimum atomic E-state index is -0.563. The summed E-state index contributed by atoms with van der Waals surface area (Å²) in [5.41, 5.74) is 6.78. The largest absolute Gasteiger partial charge is 0.343 e. The number of nitrogens with zero attached hydrogens (tertiary/aromatic N) is 2. The number of rotatable bonds is 6. The lowest BCUT2D eigenvalue weighted by Gasteiger charge is -2.26. The molecule has 2 N–H and O–H groups in total. The van der Waals surface area contributed by atoms with Crippen LogP contribution in [0, 0.1) is 5.92 Å². The van der Waals surface area contributed by atoms with Crippen LogP contribution in [0.25, 0.3) is 0 Å². The van der Waals surface area contributed by atoms with E-state index in [1.165, 1.54) is 9.80 Å². The van der Waals surface area contributed by atoms with Crippen LogP contribution in [-0.2, 0) is 4.79 Å². The Hall–Kier alpha value is -1.92. The van der Waals surface area contributed by atoms with E-state index in [0.717, 1.165) is 6.42 Å². The van der Waals surface area contributed by atoms with Gasteiger partial charge in [-0.2, -0.15) is 0 Å². The van der Waals surface area contributed by atoms with Crippen molar-refractivity contribution in [2.45, 2.75) is 26.3 Å². The first-order chi connectivity index (χ1) is 10.9. The third kappa shape index (κ3) is 3.76. The zero-order chi connectivity index (χ0) is 17.1. The van der Waals surface area contributed by atoms with E-state index < -0.39 is 6.04 Å². The zero-order valence-corrected chi connectivity index (χ0v) is 15.0. The highest BCUT2D eigenvalue weighted by Crippen LogP contribution is 2.22. The van der Waals surface area contributed by atoms with Crippen LogP contribution in [-0.4, -0.2) is 53.7 Å². The lowest BCUT2D eigenvalue weighted by molar-refractivity contribution is -0.132. The Morgan fingerprint density at radius 2 is 1.71 bits per heavy atom. The van der Waals surface area contributed by atoms with Crippen molar-refractivity contribution in [3.8, 4) is 0 Å². The molecule has 0 radical (unpaired) electrons. The molecule has 1 aliphatic rings. The molecule has 0 saturated heterocycles. The Labute approximate surface area is 148 Å². The number of carbonyl (C=O) groups is 3. The second-order valence-corrected chi connectivity index (χ2v) is 5.98. The molecule has 2 rings (SSSR count). The predicted octanol–water partition coefficient (Wildman–Crippen LogP) is 1.54. The van der Waals surface area contributed by atoms with Gasteiger partial charge in [-0.3, -0.25) is 19.3 Å². The van der Waals surface area contributed by atoms with Crippen molar-refractivity contribution in [1.82, 2.24) is 9.80 Å². The van der Waals surface area contributed by atoms with Gasteiger partial charge in [0.1, 0.15) is 0 Å². The molecule has 0 saturated carbocycles. The van der Waals surface area contributed by atoms with Gasteiger partial charge in [0.2, 0.25) is 5.91 Å². The molecular weight excluding hydrogens is 330 g/mol. The molecule has 0 aliphatic carbocycles. The molecule has 0 spiro atoms. The fraction of sp³-hybridized carbons (Fsp3) is 0.471. The third-order valence-electron chi connectivity index (χ3n) is 4.46. The van der Waals surface area contributed by atoms with Crippen LogP contribution in [0.1, 0.15) is 41.0 Å². The average molecular weight is 354 g/mol. The van der Waals surface area contributed by atoms with Gasteiger partial charge in [0.25, 0.3) is 11.8 Å². The molecule has 0 aromatic heterocycles. The van der Waals surface area contributed by atoms with Gasteiger partial charge in [-0.05, 0) is 18.1 Å². The molecule has 1 heterocycles. The van der Waals surface area contributed by atoms with E-state index >= 15 is 0 Å². The van der Waals surface area contributed by atoms with Gasteiger partial charge in [-0.25, -0.2) is 0 Å². The number of likely N-dealkylation sites (N-methyl/N-ethyl adjacent to an activating group) is 1. The number of benzene rings is 1. The smallest absolute Gasteiger partial charge is 0.261 e. The SMILES string of the molecule is CCC(C)C(N)C(=O)N(C)CCN1C(=O)c2ccccc2C1=O.Cl. The van der Waals surface area contributed by atoms with Crippen LogP contribution in [0.15, 0.2) is 24.3 Å². The molecule has 24 heavy (non-hydrogen) atoms. The van der Waals surface area contributed by atoms with Crippen molar-refractivity contribution in [3.63, 3.8) is 0 Å². The highest BCUT2D eigenvalue weighted by Gasteiger charge is 2.35. The van der Waals surface area contributed by atoms with E-state index in [9.17, 15) is 14.4 Å². The Balaban J connectivity index is 0.00000288. The summed E-state index contributed by atoms with van der Waals surface area (Å²) in [6, 6.07) is 6.18. The Bertz CT molecular complexity index is 600. The summed E-state index contributed by atoms with van der Waals surface area (Å²) < 4.78 is 0. The molecule has 0 fully saturated rings. The predicted molar refractivity (Wildman–Crippen MR) is 94.1 cm³/mol. The minimum Gasteiger partial charge on any atom is -0.343 e. The van der Waals surface area contributed by atoms with E-state index in [-0.39, 0.29) is 49.1 Å². The number of amides is 3. The lowest BCUT2D eigenvalue weighted by Crippen LogP contribution is -2.48. The summed E-state index contributed by atoms with van der Waals surface area (Å²) in [5.74, 6) is -0.699.